The Hall–Kier alpha value is -1.07. The van der Waals surface area contributed by atoms with Crippen LogP contribution in [-0.2, 0) is 0 Å². The Balaban J connectivity index is 1.91. The summed E-state index contributed by atoms with van der Waals surface area (Å²) in [6, 6.07) is 5.26. The number of carbonyl (C=O) groups excluding carboxylic acids is 1. The molecule has 1 fully saturated rings. The predicted octanol–water partition coefficient (Wildman–Crippen LogP) is 1.71. The Kier molecular flexibility index (Phi) is 4.24. The molecule has 1 aliphatic rings. The van der Waals surface area contributed by atoms with Crippen molar-refractivity contribution in [2.75, 3.05) is 32.4 Å². The largest absolute Gasteiger partial charge is 0.399 e. The van der Waals surface area contributed by atoms with Crippen LogP contribution in [0.2, 0.25) is 0 Å². The second kappa shape index (κ2) is 5.71. The lowest BCUT2D eigenvalue weighted by Crippen LogP contribution is -2.30. The van der Waals surface area contributed by atoms with Gasteiger partial charge in [-0.3, -0.25) is 4.79 Å². The van der Waals surface area contributed by atoms with E-state index in [0.717, 1.165) is 30.5 Å². The molecule has 5 heteroatoms. The van der Waals surface area contributed by atoms with Crippen LogP contribution in [0.4, 0.5) is 5.69 Å². The molecule has 4 nitrogen and oxygen atoms in total. The lowest BCUT2D eigenvalue weighted by molar-refractivity contribution is 0.0947. The van der Waals surface area contributed by atoms with Crippen LogP contribution in [0.3, 0.4) is 0 Å². The maximum Gasteiger partial charge on any atom is 0.251 e. The van der Waals surface area contributed by atoms with Gasteiger partial charge in [0.05, 0.1) is 0 Å². The minimum absolute atomic E-state index is 0.0578. The number of nitrogen functional groups attached to an aromatic ring is 1. The van der Waals surface area contributed by atoms with E-state index in [1.807, 2.05) is 0 Å². The number of nitrogens with two attached hydrogens (primary N) is 1. The van der Waals surface area contributed by atoms with Gasteiger partial charge in [0.2, 0.25) is 0 Å². The summed E-state index contributed by atoms with van der Waals surface area (Å²) in [7, 11) is 2.11. The zero-order valence-corrected chi connectivity index (χ0v) is 12.0. The molecule has 0 bridgehead atoms. The molecule has 3 N–H and O–H groups in total. The summed E-state index contributed by atoms with van der Waals surface area (Å²) in [5.41, 5.74) is 6.91. The van der Waals surface area contributed by atoms with Gasteiger partial charge in [0.25, 0.3) is 5.91 Å². The van der Waals surface area contributed by atoms with Gasteiger partial charge in [0.1, 0.15) is 0 Å². The van der Waals surface area contributed by atoms with Crippen molar-refractivity contribution in [3.63, 3.8) is 0 Å². The van der Waals surface area contributed by atoms with E-state index in [9.17, 15) is 4.79 Å². The normalized spacial score (nSPS) is 20.0. The van der Waals surface area contributed by atoms with E-state index in [-0.39, 0.29) is 5.91 Å². The minimum Gasteiger partial charge on any atom is -0.399 e. The lowest BCUT2D eigenvalue weighted by atomic mass is 10.1. The van der Waals surface area contributed by atoms with Crippen molar-refractivity contribution >= 4 is 27.5 Å². The van der Waals surface area contributed by atoms with E-state index in [1.165, 1.54) is 0 Å². The zero-order chi connectivity index (χ0) is 13.1. The average Bonchev–Trinajstić information content (AvgIpc) is 2.70. The summed E-state index contributed by atoms with van der Waals surface area (Å²) in [6.45, 7) is 2.90. The van der Waals surface area contributed by atoms with Gasteiger partial charge in [-0.1, -0.05) is 15.9 Å². The molecule has 1 aromatic carbocycles. The van der Waals surface area contributed by atoms with Crippen molar-refractivity contribution < 1.29 is 4.79 Å². The van der Waals surface area contributed by atoms with Gasteiger partial charge in [0.15, 0.2) is 0 Å². The summed E-state index contributed by atoms with van der Waals surface area (Å²) in [6.07, 6.45) is 1.15. The highest BCUT2D eigenvalue weighted by Gasteiger charge is 2.20. The third-order valence-corrected chi connectivity index (χ3v) is 3.68. The van der Waals surface area contributed by atoms with Crippen LogP contribution >= 0.6 is 15.9 Å². The Morgan fingerprint density at radius 2 is 2.33 bits per heavy atom. The summed E-state index contributed by atoms with van der Waals surface area (Å²) in [5, 5.41) is 2.97. The SMILES string of the molecule is CN1CCC(CNC(=O)c2cc(N)cc(Br)c2)C1. The van der Waals surface area contributed by atoms with Crippen molar-refractivity contribution in [2.24, 2.45) is 5.92 Å². The fourth-order valence-corrected chi connectivity index (χ4v) is 2.79. The Labute approximate surface area is 116 Å². The van der Waals surface area contributed by atoms with E-state index in [2.05, 4.69) is 33.2 Å². The number of anilines is 1. The van der Waals surface area contributed by atoms with Crippen LogP contribution < -0.4 is 11.1 Å². The zero-order valence-electron chi connectivity index (χ0n) is 10.4. The first-order chi connectivity index (χ1) is 8.54. The second-order valence-electron chi connectivity index (χ2n) is 4.90. The summed E-state index contributed by atoms with van der Waals surface area (Å²) in [5.74, 6) is 0.501. The third-order valence-electron chi connectivity index (χ3n) is 3.22. The second-order valence-corrected chi connectivity index (χ2v) is 5.82. The molecule has 0 saturated carbocycles. The molecule has 18 heavy (non-hydrogen) atoms. The van der Waals surface area contributed by atoms with Crippen LogP contribution in [0.5, 0.6) is 0 Å². The molecule has 98 valence electrons. The van der Waals surface area contributed by atoms with Crippen LogP contribution in [0, 0.1) is 5.92 Å². The Bertz CT molecular complexity index is 430. The van der Waals surface area contributed by atoms with Crippen LogP contribution in [-0.4, -0.2) is 37.5 Å². The number of nitrogens with zero attached hydrogens (tertiary/aromatic N) is 1. The van der Waals surface area contributed by atoms with Gasteiger partial charge < -0.3 is 16.0 Å². The highest BCUT2D eigenvalue weighted by molar-refractivity contribution is 9.10. The molecule has 0 radical (unpaired) electrons. The molecule has 1 atom stereocenters. The first-order valence-electron chi connectivity index (χ1n) is 6.07. The van der Waals surface area contributed by atoms with Crippen LogP contribution in [0.1, 0.15) is 16.8 Å². The molecule has 1 aliphatic heterocycles. The number of carbonyl (C=O) groups is 1. The van der Waals surface area contributed by atoms with Crippen molar-refractivity contribution in [1.82, 2.24) is 10.2 Å². The molecule has 1 aromatic rings. The van der Waals surface area contributed by atoms with Gasteiger partial charge in [0, 0.05) is 28.8 Å². The number of benzene rings is 1. The molecule has 1 amide bonds. The molecule has 2 rings (SSSR count). The number of halogens is 1. The van der Waals surface area contributed by atoms with E-state index in [4.69, 9.17) is 5.73 Å². The standard InChI is InChI=1S/C13H18BrN3O/c1-17-3-2-9(8-17)7-16-13(18)10-4-11(14)6-12(15)5-10/h4-6,9H,2-3,7-8,15H2,1H3,(H,16,18). The number of amides is 1. The van der Waals surface area contributed by atoms with Crippen molar-refractivity contribution in [3.05, 3.63) is 28.2 Å². The highest BCUT2D eigenvalue weighted by atomic mass is 79.9. The molecule has 0 aromatic heterocycles. The van der Waals surface area contributed by atoms with Gasteiger partial charge in [-0.05, 0) is 44.1 Å². The molecule has 0 aliphatic carbocycles. The van der Waals surface area contributed by atoms with E-state index in [1.54, 1.807) is 18.2 Å². The monoisotopic (exact) mass is 311 g/mol. The van der Waals surface area contributed by atoms with E-state index < -0.39 is 0 Å². The van der Waals surface area contributed by atoms with Gasteiger partial charge in [-0.2, -0.15) is 0 Å². The molecular formula is C13H18BrN3O. The van der Waals surface area contributed by atoms with Gasteiger partial charge in [-0.15, -0.1) is 0 Å². The highest BCUT2D eigenvalue weighted by Crippen LogP contribution is 2.18. The molecular weight excluding hydrogens is 294 g/mol. The minimum atomic E-state index is -0.0578. The molecule has 0 spiro atoms. The number of hydrogen-bond donors (Lipinski definition) is 2. The first kappa shape index (κ1) is 13.4. The van der Waals surface area contributed by atoms with Crippen molar-refractivity contribution in [1.29, 1.82) is 0 Å². The fraction of sp³-hybridized carbons (Fsp3) is 0.462. The summed E-state index contributed by atoms with van der Waals surface area (Å²) in [4.78, 5) is 14.3. The number of likely N-dealkylation sites (tertiary alicyclic amines) is 1. The fourth-order valence-electron chi connectivity index (χ4n) is 2.28. The third kappa shape index (κ3) is 3.46. The van der Waals surface area contributed by atoms with Gasteiger partial charge >= 0.3 is 0 Å². The lowest BCUT2D eigenvalue weighted by Gasteiger charge is -2.12. The van der Waals surface area contributed by atoms with Crippen molar-refractivity contribution in [2.45, 2.75) is 6.42 Å². The van der Waals surface area contributed by atoms with E-state index >= 15 is 0 Å². The summed E-state index contributed by atoms with van der Waals surface area (Å²) < 4.78 is 0.827. The maximum absolute atomic E-state index is 12.0. The smallest absolute Gasteiger partial charge is 0.251 e. The van der Waals surface area contributed by atoms with Crippen LogP contribution in [0.15, 0.2) is 22.7 Å². The Morgan fingerprint density at radius 3 is 2.94 bits per heavy atom. The van der Waals surface area contributed by atoms with Crippen molar-refractivity contribution in [3.8, 4) is 0 Å². The topological polar surface area (TPSA) is 58.4 Å². The first-order valence-corrected chi connectivity index (χ1v) is 6.86. The molecule has 1 heterocycles. The number of nitrogens with one attached hydrogen (secondary N) is 1. The van der Waals surface area contributed by atoms with E-state index in [0.29, 0.717) is 17.2 Å². The van der Waals surface area contributed by atoms with Gasteiger partial charge in [-0.25, -0.2) is 0 Å². The Morgan fingerprint density at radius 1 is 1.56 bits per heavy atom. The molecule has 1 unspecified atom stereocenters. The predicted molar refractivity (Wildman–Crippen MR) is 76.5 cm³/mol. The molecule has 1 saturated heterocycles. The summed E-state index contributed by atoms with van der Waals surface area (Å²) >= 11 is 3.34. The number of hydrogen-bond acceptors (Lipinski definition) is 3. The number of rotatable bonds is 3. The van der Waals surface area contributed by atoms with Crippen LogP contribution in [0.25, 0.3) is 0 Å². The average molecular weight is 312 g/mol. The quantitative estimate of drug-likeness (QED) is 0.836. The maximum atomic E-state index is 12.0.